The molecule has 0 saturated heterocycles. The van der Waals surface area contributed by atoms with Crippen LogP contribution in [-0.2, 0) is 6.18 Å². The number of nitrogens with zero attached hydrogens (tertiary/aromatic N) is 1. The molecular weight excluding hydrogens is 446 g/mol. The molecule has 2 N–H and O–H groups in total. The lowest BCUT2D eigenvalue weighted by Crippen LogP contribution is -2.18. The molecule has 4 aromatic rings. The number of hydrogen-bond acceptors (Lipinski definition) is 4. The van der Waals surface area contributed by atoms with Gasteiger partial charge >= 0.3 is 6.18 Å². The van der Waals surface area contributed by atoms with Gasteiger partial charge in [-0.05, 0) is 48.5 Å². The summed E-state index contributed by atoms with van der Waals surface area (Å²) in [6.45, 7) is 0. The Morgan fingerprint density at radius 1 is 0.906 bits per heavy atom. The predicted molar refractivity (Wildman–Crippen MR) is 113 cm³/mol. The van der Waals surface area contributed by atoms with Crippen molar-refractivity contribution in [3.63, 3.8) is 0 Å². The third-order valence-electron chi connectivity index (χ3n) is 4.54. The second-order valence-corrected chi connectivity index (χ2v) is 7.57. The van der Waals surface area contributed by atoms with Crippen molar-refractivity contribution in [2.24, 2.45) is 0 Å². The van der Waals surface area contributed by atoms with E-state index in [1.807, 2.05) is 0 Å². The second kappa shape index (κ2) is 8.39. The molecular formula is C22H13F4N3O2S. The summed E-state index contributed by atoms with van der Waals surface area (Å²) in [5.74, 6) is -2.43. The molecule has 0 atom stereocenters. The average molecular weight is 459 g/mol. The number of carbonyl (C=O) groups excluding carboxylic acids is 2. The molecule has 1 heterocycles. The molecule has 0 aliphatic carbocycles. The number of alkyl halides is 3. The number of halogens is 4. The largest absolute Gasteiger partial charge is 0.418 e. The van der Waals surface area contributed by atoms with Crippen LogP contribution in [-0.4, -0.2) is 16.8 Å². The van der Waals surface area contributed by atoms with Crippen molar-refractivity contribution in [1.82, 2.24) is 4.98 Å². The van der Waals surface area contributed by atoms with E-state index >= 15 is 0 Å². The van der Waals surface area contributed by atoms with Crippen LogP contribution in [0.3, 0.4) is 0 Å². The lowest BCUT2D eigenvalue weighted by molar-refractivity contribution is -0.136. The molecule has 32 heavy (non-hydrogen) atoms. The SMILES string of the molecule is O=C(Nc1ccc(NC(=O)c2ccccc2F)cc1C(F)(F)F)c1ccc2ncsc2c1. The summed E-state index contributed by atoms with van der Waals surface area (Å²) in [6, 6.07) is 12.6. The van der Waals surface area contributed by atoms with Crippen molar-refractivity contribution in [3.8, 4) is 0 Å². The summed E-state index contributed by atoms with van der Waals surface area (Å²) in [4.78, 5) is 28.9. The first-order chi connectivity index (χ1) is 15.2. The van der Waals surface area contributed by atoms with Gasteiger partial charge in [0.25, 0.3) is 11.8 Å². The van der Waals surface area contributed by atoms with Crippen LogP contribution in [0.25, 0.3) is 10.2 Å². The number of fused-ring (bicyclic) bond motifs is 1. The maximum absolute atomic E-state index is 13.8. The molecule has 0 unspecified atom stereocenters. The van der Waals surface area contributed by atoms with Gasteiger partial charge in [-0.2, -0.15) is 13.2 Å². The van der Waals surface area contributed by atoms with Gasteiger partial charge in [0, 0.05) is 11.3 Å². The number of thiazole rings is 1. The molecule has 0 fully saturated rings. The normalized spacial score (nSPS) is 11.4. The Bertz CT molecular complexity index is 1330. The van der Waals surface area contributed by atoms with E-state index in [2.05, 4.69) is 15.6 Å². The zero-order valence-corrected chi connectivity index (χ0v) is 16.9. The lowest BCUT2D eigenvalue weighted by Gasteiger charge is -2.16. The molecule has 10 heteroatoms. The molecule has 0 bridgehead atoms. The molecule has 0 spiro atoms. The van der Waals surface area contributed by atoms with Gasteiger partial charge in [0.2, 0.25) is 0 Å². The Morgan fingerprint density at radius 2 is 1.69 bits per heavy atom. The van der Waals surface area contributed by atoms with Crippen LogP contribution in [0.15, 0.2) is 66.2 Å². The highest BCUT2D eigenvalue weighted by Crippen LogP contribution is 2.37. The van der Waals surface area contributed by atoms with Crippen LogP contribution in [0.2, 0.25) is 0 Å². The van der Waals surface area contributed by atoms with E-state index in [9.17, 15) is 27.2 Å². The second-order valence-electron chi connectivity index (χ2n) is 6.68. The number of aromatic nitrogens is 1. The minimum atomic E-state index is -4.82. The Hall–Kier alpha value is -3.79. The van der Waals surface area contributed by atoms with Gasteiger partial charge in [0.15, 0.2) is 0 Å². The fraction of sp³-hybridized carbons (Fsp3) is 0.0455. The van der Waals surface area contributed by atoms with Crippen LogP contribution in [0.1, 0.15) is 26.3 Å². The van der Waals surface area contributed by atoms with Crippen molar-refractivity contribution < 1.29 is 27.2 Å². The number of rotatable bonds is 4. The first-order valence-corrected chi connectivity index (χ1v) is 10.0. The Balaban J connectivity index is 1.60. The summed E-state index contributed by atoms with van der Waals surface area (Å²) in [5.41, 5.74) is 0.310. The van der Waals surface area contributed by atoms with Crippen LogP contribution < -0.4 is 10.6 Å². The molecule has 162 valence electrons. The number of carbonyl (C=O) groups is 2. The fourth-order valence-corrected chi connectivity index (χ4v) is 3.72. The standard InChI is InChI=1S/C22H13F4N3O2S/c23-16-4-2-1-3-14(16)21(31)28-13-6-8-17(15(10-13)22(24,25)26)29-20(30)12-5-7-18-19(9-12)32-11-27-18/h1-11H,(H,28,31)(H,29,30). The number of nitrogens with one attached hydrogen (secondary N) is 2. The highest BCUT2D eigenvalue weighted by molar-refractivity contribution is 7.16. The highest BCUT2D eigenvalue weighted by Gasteiger charge is 2.34. The van der Waals surface area contributed by atoms with E-state index in [1.165, 1.54) is 41.7 Å². The summed E-state index contributed by atoms with van der Waals surface area (Å²) < 4.78 is 55.4. The number of anilines is 2. The van der Waals surface area contributed by atoms with E-state index in [0.29, 0.717) is 11.6 Å². The highest BCUT2D eigenvalue weighted by atomic mass is 32.1. The van der Waals surface area contributed by atoms with Gasteiger partial charge in [-0.1, -0.05) is 12.1 Å². The van der Waals surface area contributed by atoms with E-state index < -0.39 is 35.1 Å². The third-order valence-corrected chi connectivity index (χ3v) is 5.33. The molecule has 2 amide bonds. The zero-order valence-electron chi connectivity index (χ0n) is 16.0. The summed E-state index contributed by atoms with van der Waals surface area (Å²) >= 11 is 1.30. The molecule has 1 aromatic heterocycles. The van der Waals surface area contributed by atoms with E-state index in [4.69, 9.17) is 0 Å². The first kappa shape index (κ1) is 21.4. The lowest BCUT2D eigenvalue weighted by atomic mass is 10.1. The first-order valence-electron chi connectivity index (χ1n) is 9.14. The minimum absolute atomic E-state index is 0.173. The molecule has 5 nitrogen and oxygen atoms in total. The predicted octanol–water partition coefficient (Wildman–Crippen LogP) is 5.96. The Kier molecular flexibility index (Phi) is 5.62. The Morgan fingerprint density at radius 3 is 2.44 bits per heavy atom. The van der Waals surface area contributed by atoms with Crippen molar-refractivity contribution >= 4 is 44.7 Å². The molecule has 0 saturated carbocycles. The summed E-state index contributed by atoms with van der Waals surface area (Å²) in [5, 5.41) is 4.51. The van der Waals surface area contributed by atoms with Gasteiger partial charge in [-0.25, -0.2) is 9.37 Å². The topological polar surface area (TPSA) is 71.1 Å². The minimum Gasteiger partial charge on any atom is -0.322 e. The smallest absolute Gasteiger partial charge is 0.322 e. The van der Waals surface area contributed by atoms with Crippen molar-refractivity contribution in [1.29, 1.82) is 0 Å². The zero-order chi connectivity index (χ0) is 22.9. The fourth-order valence-electron chi connectivity index (χ4n) is 3.00. The maximum atomic E-state index is 13.8. The number of benzene rings is 3. The van der Waals surface area contributed by atoms with E-state index in [1.54, 1.807) is 17.6 Å². The van der Waals surface area contributed by atoms with Gasteiger partial charge in [0.1, 0.15) is 5.82 Å². The van der Waals surface area contributed by atoms with Crippen LogP contribution in [0.5, 0.6) is 0 Å². The molecule has 0 aliphatic rings. The monoisotopic (exact) mass is 459 g/mol. The summed E-state index contributed by atoms with van der Waals surface area (Å²) in [6.07, 6.45) is -4.82. The van der Waals surface area contributed by atoms with Gasteiger partial charge in [0.05, 0.1) is 32.5 Å². The molecule has 0 aliphatic heterocycles. The van der Waals surface area contributed by atoms with Crippen LogP contribution in [0.4, 0.5) is 28.9 Å². The van der Waals surface area contributed by atoms with Crippen molar-refractivity contribution in [2.45, 2.75) is 6.18 Å². The number of amides is 2. The van der Waals surface area contributed by atoms with Crippen LogP contribution >= 0.6 is 11.3 Å². The molecule has 4 rings (SSSR count). The van der Waals surface area contributed by atoms with Crippen molar-refractivity contribution in [3.05, 3.63) is 88.7 Å². The summed E-state index contributed by atoms with van der Waals surface area (Å²) in [7, 11) is 0. The maximum Gasteiger partial charge on any atom is 0.418 e. The van der Waals surface area contributed by atoms with E-state index in [-0.39, 0.29) is 16.8 Å². The molecule has 3 aromatic carbocycles. The van der Waals surface area contributed by atoms with Crippen LogP contribution in [0, 0.1) is 5.82 Å². The van der Waals surface area contributed by atoms with Gasteiger partial charge in [-0.3, -0.25) is 9.59 Å². The van der Waals surface area contributed by atoms with Crippen molar-refractivity contribution in [2.75, 3.05) is 10.6 Å². The van der Waals surface area contributed by atoms with Gasteiger partial charge < -0.3 is 10.6 Å². The quantitative estimate of drug-likeness (QED) is 0.370. The van der Waals surface area contributed by atoms with E-state index in [0.717, 1.165) is 16.8 Å². The molecule has 0 radical (unpaired) electrons. The van der Waals surface area contributed by atoms with Gasteiger partial charge in [-0.15, -0.1) is 11.3 Å². The Labute approximate surface area is 182 Å². The third kappa shape index (κ3) is 4.45. The average Bonchev–Trinajstić information content (AvgIpc) is 3.22. The number of hydrogen-bond donors (Lipinski definition) is 2.